The average Bonchev–Trinajstić information content (AvgIpc) is 3.48. The summed E-state index contributed by atoms with van der Waals surface area (Å²) in [5, 5.41) is 13.3. The van der Waals surface area contributed by atoms with Crippen LogP contribution in [-0.2, 0) is 10.2 Å². The van der Waals surface area contributed by atoms with Gasteiger partial charge in [0.05, 0.1) is 22.7 Å². The number of amides is 1. The molecule has 2 aromatic carbocycles. The number of nitrogens with zero attached hydrogens (tertiary/aromatic N) is 3. The van der Waals surface area contributed by atoms with Crippen molar-refractivity contribution in [2.24, 2.45) is 0 Å². The van der Waals surface area contributed by atoms with E-state index in [0.29, 0.717) is 11.5 Å². The van der Waals surface area contributed by atoms with Crippen molar-refractivity contribution in [3.05, 3.63) is 58.5 Å². The van der Waals surface area contributed by atoms with Crippen molar-refractivity contribution in [2.75, 3.05) is 10.2 Å². The molecule has 34 heavy (non-hydrogen) atoms. The first-order chi connectivity index (χ1) is 16.0. The Kier molecular flexibility index (Phi) is 4.94. The van der Waals surface area contributed by atoms with Gasteiger partial charge in [0.25, 0.3) is 6.43 Å². The number of carbonyl (C=O) groups excluding carboxylic acids is 1. The quantitative estimate of drug-likeness (QED) is 0.473. The predicted octanol–water partition coefficient (Wildman–Crippen LogP) is 6.36. The molecule has 1 amide bonds. The highest BCUT2D eigenvalue weighted by Gasteiger charge is 2.55. The molecule has 5 rings (SSSR count). The van der Waals surface area contributed by atoms with E-state index in [-0.39, 0.29) is 17.0 Å². The number of aromatic nitrogens is 2. The van der Waals surface area contributed by atoms with Gasteiger partial charge in [-0.2, -0.15) is 5.10 Å². The van der Waals surface area contributed by atoms with Gasteiger partial charge in [-0.3, -0.25) is 4.79 Å². The molecule has 1 N–H and O–H groups in total. The maximum Gasteiger partial charge on any atom is 0.266 e. The fourth-order valence-corrected chi connectivity index (χ4v) is 4.91. The third kappa shape index (κ3) is 3.26. The summed E-state index contributed by atoms with van der Waals surface area (Å²) in [5.74, 6) is -0.441. The van der Waals surface area contributed by atoms with Crippen LogP contribution in [0.4, 0.5) is 24.7 Å². The molecule has 0 radical (unpaired) electrons. The Morgan fingerprint density at radius 1 is 1.06 bits per heavy atom. The third-order valence-electron chi connectivity index (χ3n) is 7.36. The Morgan fingerprint density at radius 2 is 1.74 bits per heavy atom. The number of carbonyl (C=O) groups is 1. The van der Waals surface area contributed by atoms with Gasteiger partial charge >= 0.3 is 0 Å². The third-order valence-corrected chi connectivity index (χ3v) is 7.36. The fraction of sp³-hybridized carbons (Fsp3) is 0.423. The van der Waals surface area contributed by atoms with Gasteiger partial charge in [0.15, 0.2) is 5.82 Å². The van der Waals surface area contributed by atoms with E-state index in [2.05, 4.69) is 22.4 Å². The molecule has 5 nitrogen and oxygen atoms in total. The van der Waals surface area contributed by atoms with Gasteiger partial charge in [-0.05, 0) is 65.2 Å². The number of fused-ring (bicyclic) bond motifs is 2. The van der Waals surface area contributed by atoms with Crippen molar-refractivity contribution in [3.8, 4) is 0 Å². The zero-order chi connectivity index (χ0) is 24.6. The maximum atomic E-state index is 14.8. The zero-order valence-electron chi connectivity index (χ0n) is 19.8. The average molecular weight is 469 g/mol. The summed E-state index contributed by atoms with van der Waals surface area (Å²) in [6.07, 6.45) is -1.01. The molecule has 0 saturated heterocycles. The van der Waals surface area contributed by atoms with Crippen molar-refractivity contribution in [2.45, 2.75) is 70.9 Å². The molecule has 1 aliphatic carbocycles. The number of halogens is 3. The molecule has 2 heterocycles. The van der Waals surface area contributed by atoms with Crippen LogP contribution < -0.4 is 10.2 Å². The van der Waals surface area contributed by atoms with E-state index in [0.717, 1.165) is 40.9 Å². The second-order valence-corrected chi connectivity index (χ2v) is 10.2. The summed E-state index contributed by atoms with van der Waals surface area (Å²) in [6, 6.07) is 7.33. The monoisotopic (exact) mass is 468 g/mol. The van der Waals surface area contributed by atoms with Gasteiger partial charge < -0.3 is 10.2 Å². The normalized spacial score (nSPS) is 19.0. The van der Waals surface area contributed by atoms with Crippen molar-refractivity contribution < 1.29 is 18.0 Å². The molecule has 1 fully saturated rings. The van der Waals surface area contributed by atoms with Crippen LogP contribution in [0, 0.1) is 12.7 Å². The van der Waals surface area contributed by atoms with Crippen molar-refractivity contribution >= 4 is 28.2 Å². The summed E-state index contributed by atoms with van der Waals surface area (Å²) in [4.78, 5) is 15.3. The van der Waals surface area contributed by atoms with Crippen LogP contribution in [0.1, 0.15) is 75.4 Å². The molecule has 1 saturated carbocycles. The highest BCUT2D eigenvalue weighted by Crippen LogP contribution is 2.53. The second kappa shape index (κ2) is 7.42. The summed E-state index contributed by atoms with van der Waals surface area (Å²) < 4.78 is 41.1. The predicted molar refractivity (Wildman–Crippen MR) is 126 cm³/mol. The lowest BCUT2D eigenvalue weighted by molar-refractivity contribution is -0.122. The molecule has 1 aliphatic heterocycles. The smallest absolute Gasteiger partial charge is 0.266 e. The number of alkyl halides is 2. The lowest BCUT2D eigenvalue weighted by Crippen LogP contribution is -2.43. The van der Waals surface area contributed by atoms with Crippen LogP contribution in [0.3, 0.4) is 0 Å². The number of nitrogens with one attached hydrogen (secondary N) is 1. The highest BCUT2D eigenvalue weighted by atomic mass is 19.3. The molecule has 3 aromatic rings. The van der Waals surface area contributed by atoms with Gasteiger partial charge in [-0.15, -0.1) is 5.10 Å². The number of hydrogen-bond acceptors (Lipinski definition) is 4. The second-order valence-electron chi connectivity index (χ2n) is 10.2. The number of hydrogen-bond donors (Lipinski definition) is 1. The van der Waals surface area contributed by atoms with Crippen molar-refractivity contribution in [1.82, 2.24) is 10.2 Å². The van der Waals surface area contributed by atoms with Crippen LogP contribution in [0.15, 0.2) is 30.3 Å². The van der Waals surface area contributed by atoms with Crippen molar-refractivity contribution in [3.63, 3.8) is 0 Å². The minimum Gasteiger partial charge on any atom is -0.361 e. The van der Waals surface area contributed by atoms with Gasteiger partial charge in [-0.25, -0.2) is 13.2 Å². The first kappa shape index (κ1) is 22.6. The topological polar surface area (TPSA) is 58.1 Å². The van der Waals surface area contributed by atoms with E-state index in [4.69, 9.17) is 0 Å². The number of rotatable bonds is 5. The summed E-state index contributed by atoms with van der Waals surface area (Å²) in [6.45, 7) is 9.52. The van der Waals surface area contributed by atoms with Gasteiger partial charge in [0, 0.05) is 27.6 Å². The first-order valence-corrected chi connectivity index (χ1v) is 11.4. The van der Waals surface area contributed by atoms with Crippen LogP contribution >= 0.6 is 0 Å². The van der Waals surface area contributed by atoms with Crippen LogP contribution in [0.5, 0.6) is 0 Å². The van der Waals surface area contributed by atoms with Crippen LogP contribution in [0.2, 0.25) is 0 Å². The number of anilines is 2. The Morgan fingerprint density at radius 3 is 2.38 bits per heavy atom. The Hall–Kier alpha value is -3.16. The Balaban J connectivity index is 1.62. The molecule has 178 valence electrons. The molecule has 0 unspecified atom stereocenters. The lowest BCUT2D eigenvalue weighted by Gasteiger charge is -2.27. The van der Waals surface area contributed by atoms with Crippen LogP contribution in [0.25, 0.3) is 10.8 Å². The van der Waals surface area contributed by atoms with E-state index in [1.807, 2.05) is 37.8 Å². The lowest BCUT2D eigenvalue weighted by atomic mass is 9.85. The molecule has 1 aromatic heterocycles. The molecule has 8 heteroatoms. The fourth-order valence-electron chi connectivity index (χ4n) is 4.91. The molecule has 0 spiro atoms. The zero-order valence-corrected chi connectivity index (χ0v) is 19.8. The van der Waals surface area contributed by atoms with E-state index in [1.165, 1.54) is 12.1 Å². The van der Waals surface area contributed by atoms with Gasteiger partial charge in [-0.1, -0.05) is 18.2 Å². The van der Waals surface area contributed by atoms with Gasteiger partial charge in [0.1, 0.15) is 5.82 Å². The number of benzene rings is 2. The van der Waals surface area contributed by atoms with E-state index < -0.39 is 29.3 Å². The first-order valence-electron chi connectivity index (χ1n) is 11.4. The minimum atomic E-state index is -2.90. The highest BCUT2D eigenvalue weighted by molar-refractivity contribution is 6.12. The standard InChI is InChI=1S/C26H27F3N4O/c1-13(15-7-6-8-16(21(15)27)22(28)29)30-23-18-12-20-19(11-17(18)14(2)31-32-23)25(3,4)24(34)33(20)26(5)9-10-26/h6-8,11-13,22H,9-10H2,1-5H3,(H,30,32)/t13-/m1/s1. The van der Waals surface area contributed by atoms with E-state index in [1.54, 1.807) is 6.92 Å². The largest absolute Gasteiger partial charge is 0.361 e. The maximum absolute atomic E-state index is 14.8. The van der Waals surface area contributed by atoms with Crippen molar-refractivity contribution in [1.29, 1.82) is 0 Å². The van der Waals surface area contributed by atoms with Crippen LogP contribution in [-0.4, -0.2) is 21.6 Å². The SMILES string of the molecule is Cc1nnc(N[C@H](C)c2cccc(C(F)F)c2F)c2cc3c(cc12)C(C)(C)C(=O)N3C1(C)CC1. The molecular weight excluding hydrogens is 441 g/mol. The van der Waals surface area contributed by atoms with Gasteiger partial charge in [0.2, 0.25) is 5.91 Å². The summed E-state index contributed by atoms with van der Waals surface area (Å²) in [5.41, 5.74) is 1.16. The molecule has 2 aliphatic rings. The summed E-state index contributed by atoms with van der Waals surface area (Å²) in [7, 11) is 0. The Bertz CT molecular complexity index is 1330. The Labute approximate surface area is 196 Å². The molecular formula is C26H27F3N4O. The summed E-state index contributed by atoms with van der Waals surface area (Å²) >= 11 is 0. The minimum absolute atomic E-state index is 0.0742. The van der Waals surface area contributed by atoms with E-state index >= 15 is 0 Å². The van der Waals surface area contributed by atoms with E-state index in [9.17, 15) is 18.0 Å². The number of aryl methyl sites for hydroxylation is 1. The molecule has 1 atom stereocenters. The molecule has 0 bridgehead atoms.